The van der Waals surface area contributed by atoms with E-state index >= 15 is 0 Å². The van der Waals surface area contributed by atoms with Crippen LogP contribution in [0, 0.1) is 13.8 Å². The lowest BCUT2D eigenvalue weighted by atomic mass is 9.95. The van der Waals surface area contributed by atoms with Crippen LogP contribution in [0.2, 0.25) is 0 Å². The minimum Gasteiger partial charge on any atom is -0.497 e. The number of aryl methyl sites for hydroxylation is 2. The number of benzene rings is 2. The summed E-state index contributed by atoms with van der Waals surface area (Å²) in [4.78, 5) is 18.8. The van der Waals surface area contributed by atoms with Crippen molar-refractivity contribution in [3.05, 3.63) is 80.9 Å². The van der Waals surface area contributed by atoms with Crippen LogP contribution in [0.1, 0.15) is 85.6 Å². The van der Waals surface area contributed by atoms with Gasteiger partial charge in [0.15, 0.2) is 5.82 Å². The van der Waals surface area contributed by atoms with E-state index in [-0.39, 0.29) is 11.6 Å². The maximum absolute atomic E-state index is 13.3. The van der Waals surface area contributed by atoms with E-state index in [0.717, 1.165) is 64.0 Å². The molecule has 1 aliphatic rings. The van der Waals surface area contributed by atoms with E-state index in [1.807, 2.05) is 19.1 Å². The third kappa shape index (κ3) is 5.36. The van der Waals surface area contributed by atoms with E-state index in [1.165, 1.54) is 19.3 Å². The van der Waals surface area contributed by atoms with E-state index in [2.05, 4.69) is 74.3 Å². The smallest absolute Gasteiger partial charge is 0.252 e. The molecule has 1 saturated carbocycles. The number of tetrazole rings is 1. The summed E-state index contributed by atoms with van der Waals surface area (Å²) in [6.45, 7) is 7.44. The van der Waals surface area contributed by atoms with Gasteiger partial charge in [-0.25, -0.2) is 4.68 Å². The molecule has 5 rings (SSSR count). The standard InChI is InChI=1S/C30H38N6O2/c1-5-27(29-32-33-34-36(29)24-9-7-6-8-10-24)35(18-22-13-15-25(38-4)16-14-22)19-23-17-26-20(2)11-12-21(3)28(26)31-30(23)37/h11-17,24,27H,5-10,18-19H2,1-4H3,(H,31,37). The number of rotatable bonds is 9. The molecule has 2 aromatic carbocycles. The first-order valence-corrected chi connectivity index (χ1v) is 13.7. The van der Waals surface area contributed by atoms with Crippen molar-refractivity contribution >= 4 is 10.9 Å². The van der Waals surface area contributed by atoms with Crippen LogP contribution in [0.3, 0.4) is 0 Å². The SMILES string of the molecule is CCC(c1nnnn1C1CCCCC1)N(Cc1ccc(OC)cc1)Cc1cc2c(C)ccc(C)c2[nH]c1=O. The molecule has 0 radical (unpaired) electrons. The largest absolute Gasteiger partial charge is 0.497 e. The third-order valence-corrected chi connectivity index (χ3v) is 8.00. The Bertz CT molecular complexity index is 1440. The Hall–Kier alpha value is -3.52. The molecule has 1 atom stereocenters. The molecule has 2 aromatic heterocycles. The van der Waals surface area contributed by atoms with Crippen molar-refractivity contribution in [3.8, 4) is 5.75 Å². The molecule has 8 heteroatoms. The molecule has 0 saturated heterocycles. The van der Waals surface area contributed by atoms with Crippen LogP contribution in [-0.4, -0.2) is 37.2 Å². The van der Waals surface area contributed by atoms with E-state index in [1.54, 1.807) is 7.11 Å². The van der Waals surface area contributed by atoms with Crippen molar-refractivity contribution in [3.63, 3.8) is 0 Å². The molecule has 0 aliphatic heterocycles. The van der Waals surface area contributed by atoms with Crippen LogP contribution >= 0.6 is 0 Å². The second-order valence-electron chi connectivity index (χ2n) is 10.6. The number of ether oxygens (including phenoxy) is 1. The molecule has 2 heterocycles. The van der Waals surface area contributed by atoms with E-state index in [9.17, 15) is 4.79 Å². The second-order valence-corrected chi connectivity index (χ2v) is 10.6. The van der Waals surface area contributed by atoms with Crippen LogP contribution < -0.4 is 10.3 Å². The van der Waals surface area contributed by atoms with Gasteiger partial charge in [0.2, 0.25) is 0 Å². The van der Waals surface area contributed by atoms with Crippen molar-refractivity contribution in [2.75, 3.05) is 7.11 Å². The summed E-state index contributed by atoms with van der Waals surface area (Å²) < 4.78 is 7.43. The van der Waals surface area contributed by atoms with Gasteiger partial charge in [-0.1, -0.05) is 50.5 Å². The fourth-order valence-corrected chi connectivity index (χ4v) is 5.81. The van der Waals surface area contributed by atoms with Crippen molar-refractivity contribution in [2.24, 2.45) is 0 Å². The van der Waals surface area contributed by atoms with Gasteiger partial charge in [-0.15, -0.1) is 5.10 Å². The minimum atomic E-state index is -0.0485. The molecule has 1 aliphatic carbocycles. The summed E-state index contributed by atoms with van der Waals surface area (Å²) in [6, 6.07) is 14.7. The number of methoxy groups -OCH3 is 1. The number of nitrogens with one attached hydrogen (secondary N) is 1. The van der Waals surface area contributed by atoms with Crippen LogP contribution in [0.4, 0.5) is 0 Å². The lowest BCUT2D eigenvalue weighted by Crippen LogP contribution is -2.33. The molecule has 1 fully saturated rings. The zero-order valence-corrected chi connectivity index (χ0v) is 22.9. The van der Waals surface area contributed by atoms with E-state index < -0.39 is 0 Å². The third-order valence-electron chi connectivity index (χ3n) is 8.00. The number of H-pyrrole nitrogens is 1. The fourth-order valence-electron chi connectivity index (χ4n) is 5.81. The average Bonchev–Trinajstić information content (AvgIpc) is 3.42. The van der Waals surface area contributed by atoms with Crippen molar-refractivity contribution in [2.45, 2.75) is 84.5 Å². The predicted octanol–water partition coefficient (Wildman–Crippen LogP) is 5.80. The monoisotopic (exact) mass is 514 g/mol. The van der Waals surface area contributed by atoms with Crippen LogP contribution in [0.15, 0.2) is 47.3 Å². The Morgan fingerprint density at radius 1 is 1.05 bits per heavy atom. The zero-order chi connectivity index (χ0) is 26.6. The zero-order valence-electron chi connectivity index (χ0n) is 22.9. The molecular formula is C30H38N6O2. The second kappa shape index (κ2) is 11.5. The Balaban J connectivity index is 1.54. The number of hydrogen-bond donors (Lipinski definition) is 1. The van der Waals surface area contributed by atoms with E-state index in [4.69, 9.17) is 4.74 Å². The highest BCUT2D eigenvalue weighted by Crippen LogP contribution is 2.33. The lowest BCUT2D eigenvalue weighted by Gasteiger charge is -2.32. The first kappa shape index (κ1) is 26.1. The molecule has 200 valence electrons. The number of hydrogen-bond acceptors (Lipinski definition) is 6. The summed E-state index contributed by atoms with van der Waals surface area (Å²) in [7, 11) is 1.68. The van der Waals surface area contributed by atoms with Crippen LogP contribution in [0.25, 0.3) is 10.9 Å². The van der Waals surface area contributed by atoms with Crippen molar-refractivity contribution < 1.29 is 4.74 Å². The lowest BCUT2D eigenvalue weighted by molar-refractivity contribution is 0.155. The number of fused-ring (bicyclic) bond motifs is 1. The maximum Gasteiger partial charge on any atom is 0.252 e. The molecule has 0 bridgehead atoms. The Kier molecular flexibility index (Phi) is 7.88. The molecule has 1 unspecified atom stereocenters. The summed E-state index contributed by atoms with van der Waals surface area (Å²) in [5, 5.41) is 14.2. The summed E-state index contributed by atoms with van der Waals surface area (Å²) in [6.07, 6.45) is 6.74. The Morgan fingerprint density at radius 2 is 1.79 bits per heavy atom. The number of aromatic amines is 1. The molecular weight excluding hydrogens is 476 g/mol. The quantitative estimate of drug-likeness (QED) is 0.304. The highest BCUT2D eigenvalue weighted by Gasteiger charge is 2.29. The van der Waals surface area contributed by atoms with Gasteiger partial charge in [0, 0.05) is 24.0 Å². The fraction of sp³-hybridized carbons (Fsp3) is 0.467. The topological polar surface area (TPSA) is 88.9 Å². The maximum atomic E-state index is 13.3. The number of nitrogens with zero attached hydrogens (tertiary/aromatic N) is 5. The van der Waals surface area contributed by atoms with Crippen LogP contribution in [-0.2, 0) is 13.1 Å². The van der Waals surface area contributed by atoms with Crippen molar-refractivity contribution in [1.82, 2.24) is 30.1 Å². The summed E-state index contributed by atoms with van der Waals surface area (Å²) >= 11 is 0. The Labute approximate surface area is 224 Å². The molecule has 8 nitrogen and oxygen atoms in total. The van der Waals surface area contributed by atoms with Gasteiger partial charge in [-0.2, -0.15) is 0 Å². The molecule has 0 spiro atoms. The van der Waals surface area contributed by atoms with Gasteiger partial charge in [0.05, 0.1) is 24.7 Å². The first-order chi connectivity index (χ1) is 18.5. The van der Waals surface area contributed by atoms with Gasteiger partial charge >= 0.3 is 0 Å². The molecule has 0 amide bonds. The van der Waals surface area contributed by atoms with Gasteiger partial charge in [-0.3, -0.25) is 9.69 Å². The van der Waals surface area contributed by atoms with E-state index in [0.29, 0.717) is 19.1 Å². The molecule has 1 N–H and O–H groups in total. The molecule has 4 aromatic rings. The van der Waals surface area contributed by atoms with Gasteiger partial charge in [0.25, 0.3) is 5.56 Å². The number of pyridine rings is 1. The van der Waals surface area contributed by atoms with Crippen LogP contribution in [0.5, 0.6) is 5.75 Å². The minimum absolute atomic E-state index is 0.0391. The Morgan fingerprint density at radius 3 is 2.50 bits per heavy atom. The summed E-state index contributed by atoms with van der Waals surface area (Å²) in [5.41, 5.74) is 4.97. The first-order valence-electron chi connectivity index (χ1n) is 13.7. The normalized spacial score (nSPS) is 15.3. The highest BCUT2D eigenvalue weighted by molar-refractivity contribution is 5.85. The van der Waals surface area contributed by atoms with Gasteiger partial charge in [0.1, 0.15) is 5.75 Å². The van der Waals surface area contributed by atoms with Gasteiger partial charge < -0.3 is 9.72 Å². The van der Waals surface area contributed by atoms with Crippen molar-refractivity contribution in [1.29, 1.82) is 0 Å². The highest BCUT2D eigenvalue weighted by atomic mass is 16.5. The number of aromatic nitrogens is 5. The molecule has 38 heavy (non-hydrogen) atoms. The predicted molar refractivity (Wildman–Crippen MR) is 149 cm³/mol. The van der Waals surface area contributed by atoms with Gasteiger partial charge in [-0.05, 0) is 78.4 Å². The average molecular weight is 515 g/mol. The summed E-state index contributed by atoms with van der Waals surface area (Å²) in [5.74, 6) is 1.71.